The van der Waals surface area contributed by atoms with Gasteiger partial charge in [-0.3, -0.25) is 9.69 Å². The lowest BCUT2D eigenvalue weighted by Crippen LogP contribution is -2.50. The van der Waals surface area contributed by atoms with E-state index in [4.69, 9.17) is 0 Å². The van der Waals surface area contributed by atoms with Crippen LogP contribution in [0, 0.1) is 0 Å². The van der Waals surface area contributed by atoms with E-state index in [2.05, 4.69) is 15.3 Å². The number of hydrogen-bond acceptors (Lipinski definition) is 5. The molecule has 1 amide bonds. The van der Waals surface area contributed by atoms with E-state index >= 15 is 0 Å². The number of nitrogens with one attached hydrogen (secondary N) is 1. The Balaban J connectivity index is 1.52. The molecule has 6 nitrogen and oxygen atoms in total. The van der Waals surface area contributed by atoms with Crippen LogP contribution in [-0.2, 0) is 11.0 Å². The van der Waals surface area contributed by atoms with Crippen molar-refractivity contribution in [1.29, 1.82) is 0 Å². The van der Waals surface area contributed by atoms with Gasteiger partial charge in [-0.2, -0.15) is 13.2 Å². The zero-order valence-corrected chi connectivity index (χ0v) is 17.2. The van der Waals surface area contributed by atoms with E-state index in [9.17, 15) is 18.0 Å². The Labute approximate surface area is 183 Å². The van der Waals surface area contributed by atoms with Gasteiger partial charge in [0.25, 0.3) is 0 Å². The second-order valence-electron chi connectivity index (χ2n) is 7.45. The van der Waals surface area contributed by atoms with Crippen LogP contribution in [0.3, 0.4) is 0 Å². The third-order valence-corrected chi connectivity index (χ3v) is 5.34. The van der Waals surface area contributed by atoms with E-state index < -0.39 is 17.8 Å². The standard InChI is InChI=1S/C23H22F3N5O/c24-23(25,26)18-8-4-9-19(16-18)29-21(32)20(17-6-2-1-3-7-17)30-12-14-31(15-13-30)22-27-10-5-11-28-22/h1-11,16,20H,12-15H2,(H,29,32)/t20-/m1/s1. The normalized spacial score (nSPS) is 15.9. The number of alkyl halides is 3. The molecule has 0 spiro atoms. The molecular formula is C23H22F3N5O. The number of hydrogen-bond donors (Lipinski definition) is 1. The van der Waals surface area contributed by atoms with Gasteiger partial charge in [0.1, 0.15) is 6.04 Å². The van der Waals surface area contributed by atoms with Crippen LogP contribution in [0.2, 0.25) is 0 Å². The van der Waals surface area contributed by atoms with Crippen LogP contribution in [0.5, 0.6) is 0 Å². The van der Waals surface area contributed by atoms with Crippen molar-refractivity contribution in [3.8, 4) is 0 Å². The van der Waals surface area contributed by atoms with Gasteiger partial charge in [0, 0.05) is 44.3 Å². The van der Waals surface area contributed by atoms with Crippen LogP contribution in [0.1, 0.15) is 17.2 Å². The molecule has 166 valence electrons. The van der Waals surface area contributed by atoms with Gasteiger partial charge in [-0.25, -0.2) is 9.97 Å². The van der Waals surface area contributed by atoms with Crippen molar-refractivity contribution in [2.24, 2.45) is 0 Å². The fourth-order valence-electron chi connectivity index (χ4n) is 3.78. The zero-order valence-electron chi connectivity index (χ0n) is 17.2. The molecule has 2 aromatic carbocycles. The minimum atomic E-state index is -4.48. The number of benzene rings is 2. The predicted molar refractivity (Wildman–Crippen MR) is 115 cm³/mol. The van der Waals surface area contributed by atoms with Crippen LogP contribution in [0.25, 0.3) is 0 Å². The molecule has 0 radical (unpaired) electrons. The second kappa shape index (κ2) is 9.35. The summed E-state index contributed by atoms with van der Waals surface area (Å²) in [6.07, 6.45) is -1.11. The molecule has 2 heterocycles. The topological polar surface area (TPSA) is 61.4 Å². The van der Waals surface area contributed by atoms with Gasteiger partial charge < -0.3 is 10.2 Å². The molecule has 0 bridgehead atoms. The summed E-state index contributed by atoms with van der Waals surface area (Å²) in [5, 5.41) is 2.67. The second-order valence-corrected chi connectivity index (χ2v) is 7.45. The molecule has 0 unspecified atom stereocenters. The zero-order chi connectivity index (χ0) is 22.6. The Hall–Kier alpha value is -3.46. The van der Waals surface area contributed by atoms with Crippen molar-refractivity contribution in [3.05, 3.63) is 84.2 Å². The van der Waals surface area contributed by atoms with Crippen molar-refractivity contribution >= 4 is 17.5 Å². The summed E-state index contributed by atoms with van der Waals surface area (Å²) >= 11 is 0. The Morgan fingerprint density at radius 1 is 0.906 bits per heavy atom. The van der Waals surface area contributed by atoms with E-state index in [1.54, 1.807) is 18.5 Å². The summed E-state index contributed by atoms with van der Waals surface area (Å²) in [6, 6.07) is 15.0. The lowest BCUT2D eigenvalue weighted by Gasteiger charge is -2.38. The fourth-order valence-corrected chi connectivity index (χ4v) is 3.78. The number of piperazine rings is 1. The third kappa shape index (κ3) is 5.05. The number of carbonyl (C=O) groups excluding carboxylic acids is 1. The van der Waals surface area contributed by atoms with Crippen LogP contribution in [-0.4, -0.2) is 47.0 Å². The quantitative estimate of drug-likeness (QED) is 0.649. The maximum atomic E-state index is 13.3. The van der Waals surface area contributed by atoms with E-state index in [-0.39, 0.29) is 11.6 Å². The highest BCUT2D eigenvalue weighted by Gasteiger charge is 2.33. The van der Waals surface area contributed by atoms with Gasteiger partial charge in [-0.1, -0.05) is 36.4 Å². The lowest BCUT2D eigenvalue weighted by atomic mass is 10.0. The number of amides is 1. The number of carbonyl (C=O) groups is 1. The van der Waals surface area contributed by atoms with Crippen molar-refractivity contribution in [2.45, 2.75) is 12.2 Å². The molecular weight excluding hydrogens is 419 g/mol. The van der Waals surface area contributed by atoms with E-state index in [0.29, 0.717) is 32.1 Å². The van der Waals surface area contributed by atoms with E-state index in [0.717, 1.165) is 17.7 Å². The van der Waals surface area contributed by atoms with Gasteiger partial charge in [-0.05, 0) is 29.8 Å². The monoisotopic (exact) mass is 441 g/mol. The van der Waals surface area contributed by atoms with Crippen LogP contribution >= 0.6 is 0 Å². The number of rotatable bonds is 5. The van der Waals surface area contributed by atoms with Crippen molar-refractivity contribution < 1.29 is 18.0 Å². The molecule has 0 aliphatic carbocycles. The summed E-state index contributed by atoms with van der Waals surface area (Å²) in [5.74, 6) is 0.261. The molecule has 1 N–H and O–H groups in total. The summed E-state index contributed by atoms with van der Waals surface area (Å²) < 4.78 is 39.2. The van der Waals surface area contributed by atoms with Crippen LogP contribution in [0.15, 0.2) is 73.1 Å². The first kappa shape index (κ1) is 21.8. The largest absolute Gasteiger partial charge is 0.416 e. The average molecular weight is 441 g/mol. The molecule has 9 heteroatoms. The van der Waals surface area contributed by atoms with Gasteiger partial charge in [0.15, 0.2) is 0 Å². The Morgan fingerprint density at radius 3 is 2.25 bits per heavy atom. The lowest BCUT2D eigenvalue weighted by molar-refractivity contribution is -0.137. The SMILES string of the molecule is O=C(Nc1cccc(C(F)(F)F)c1)[C@@H](c1ccccc1)N1CCN(c2ncccn2)CC1. The number of nitrogens with zero attached hydrogens (tertiary/aromatic N) is 4. The van der Waals surface area contributed by atoms with E-state index in [1.807, 2.05) is 40.1 Å². The molecule has 4 rings (SSSR count). The predicted octanol–water partition coefficient (Wildman–Crippen LogP) is 4.00. The minimum absolute atomic E-state index is 0.113. The Kier molecular flexibility index (Phi) is 6.36. The molecule has 1 saturated heterocycles. The van der Waals surface area contributed by atoms with Crippen molar-refractivity contribution in [1.82, 2.24) is 14.9 Å². The summed E-state index contributed by atoms with van der Waals surface area (Å²) in [5.41, 5.74) is 0.0894. The fraction of sp³-hybridized carbons (Fsp3) is 0.261. The van der Waals surface area contributed by atoms with Crippen molar-refractivity contribution in [2.75, 3.05) is 36.4 Å². The van der Waals surface area contributed by atoms with Crippen LogP contribution < -0.4 is 10.2 Å². The maximum Gasteiger partial charge on any atom is 0.416 e. The summed E-state index contributed by atoms with van der Waals surface area (Å²) in [6.45, 7) is 2.41. The minimum Gasteiger partial charge on any atom is -0.338 e. The molecule has 1 aliphatic rings. The van der Waals surface area contributed by atoms with Gasteiger partial charge in [-0.15, -0.1) is 0 Å². The van der Waals surface area contributed by atoms with Gasteiger partial charge in [0.2, 0.25) is 11.9 Å². The molecule has 0 saturated carbocycles. The first-order chi connectivity index (χ1) is 15.4. The Bertz CT molecular complexity index is 1040. The molecule has 1 aliphatic heterocycles. The first-order valence-corrected chi connectivity index (χ1v) is 10.2. The Morgan fingerprint density at radius 2 is 1.59 bits per heavy atom. The highest BCUT2D eigenvalue weighted by atomic mass is 19.4. The number of anilines is 2. The average Bonchev–Trinajstić information content (AvgIpc) is 2.81. The molecule has 3 aromatic rings. The highest BCUT2D eigenvalue weighted by Crippen LogP contribution is 2.31. The molecule has 1 aromatic heterocycles. The van der Waals surface area contributed by atoms with E-state index in [1.165, 1.54) is 12.1 Å². The summed E-state index contributed by atoms with van der Waals surface area (Å²) in [4.78, 5) is 25.9. The third-order valence-electron chi connectivity index (χ3n) is 5.34. The smallest absolute Gasteiger partial charge is 0.338 e. The molecule has 32 heavy (non-hydrogen) atoms. The van der Waals surface area contributed by atoms with Crippen molar-refractivity contribution in [3.63, 3.8) is 0 Å². The molecule has 1 atom stereocenters. The van der Waals surface area contributed by atoms with Gasteiger partial charge >= 0.3 is 6.18 Å². The van der Waals surface area contributed by atoms with Crippen LogP contribution in [0.4, 0.5) is 24.8 Å². The highest BCUT2D eigenvalue weighted by molar-refractivity contribution is 5.95. The number of halogens is 3. The summed E-state index contributed by atoms with van der Waals surface area (Å²) in [7, 11) is 0. The first-order valence-electron chi connectivity index (χ1n) is 10.2. The maximum absolute atomic E-state index is 13.3. The number of aromatic nitrogens is 2. The molecule has 1 fully saturated rings. The van der Waals surface area contributed by atoms with Gasteiger partial charge in [0.05, 0.1) is 5.56 Å².